The number of ether oxygens (including phenoxy) is 3. The highest BCUT2D eigenvalue weighted by Crippen LogP contribution is 2.25. The summed E-state index contributed by atoms with van der Waals surface area (Å²) in [6.45, 7) is 0.264. The van der Waals surface area contributed by atoms with Crippen molar-refractivity contribution >= 4 is 29.1 Å². The van der Waals surface area contributed by atoms with Gasteiger partial charge < -0.3 is 14.2 Å². The first-order valence-corrected chi connectivity index (χ1v) is 10.9. The maximum Gasteiger partial charge on any atom is 0.276 e. The number of hydrogen-bond donors (Lipinski definition) is 3. The van der Waals surface area contributed by atoms with Gasteiger partial charge in [0.05, 0.1) is 13.7 Å². The zero-order valence-electron chi connectivity index (χ0n) is 18.6. The Hall–Kier alpha value is -4.11. The molecule has 0 radical (unpaired) electrons. The SMILES string of the molecule is COc1ccccc1OCC(=O)NNC(=S)NC(=O)c1ccc(OCCc2ccccc2)cc1. The first-order valence-electron chi connectivity index (χ1n) is 10.5. The molecule has 176 valence electrons. The maximum absolute atomic E-state index is 12.4. The minimum Gasteiger partial charge on any atom is -0.493 e. The quantitative estimate of drug-likeness (QED) is 0.321. The molecule has 0 aliphatic carbocycles. The van der Waals surface area contributed by atoms with Crippen LogP contribution in [0.3, 0.4) is 0 Å². The second-order valence-electron chi connectivity index (χ2n) is 7.00. The van der Waals surface area contributed by atoms with Crippen LogP contribution in [0.25, 0.3) is 0 Å². The molecular weight excluding hydrogens is 454 g/mol. The van der Waals surface area contributed by atoms with Crippen LogP contribution < -0.4 is 30.4 Å². The van der Waals surface area contributed by atoms with Gasteiger partial charge in [0.25, 0.3) is 11.8 Å². The smallest absolute Gasteiger partial charge is 0.276 e. The van der Waals surface area contributed by atoms with Gasteiger partial charge in [-0.15, -0.1) is 0 Å². The largest absolute Gasteiger partial charge is 0.493 e. The van der Waals surface area contributed by atoms with Crippen molar-refractivity contribution in [3.63, 3.8) is 0 Å². The number of thiocarbonyl (C=S) groups is 1. The van der Waals surface area contributed by atoms with Crippen LogP contribution in [-0.4, -0.2) is 37.3 Å². The van der Waals surface area contributed by atoms with Crippen LogP contribution >= 0.6 is 12.2 Å². The maximum atomic E-state index is 12.4. The summed E-state index contributed by atoms with van der Waals surface area (Å²) in [6, 6.07) is 23.7. The Morgan fingerprint density at radius 3 is 2.21 bits per heavy atom. The minimum atomic E-state index is -0.487. The van der Waals surface area contributed by atoms with Crippen LogP contribution in [0, 0.1) is 0 Å². The summed E-state index contributed by atoms with van der Waals surface area (Å²) >= 11 is 5.05. The highest BCUT2D eigenvalue weighted by Gasteiger charge is 2.10. The molecule has 0 aromatic heterocycles. The summed E-state index contributed by atoms with van der Waals surface area (Å²) in [7, 11) is 1.51. The van der Waals surface area contributed by atoms with E-state index in [0.29, 0.717) is 29.4 Å². The molecule has 0 unspecified atom stereocenters. The van der Waals surface area contributed by atoms with Crippen LogP contribution in [0.2, 0.25) is 0 Å². The van der Waals surface area contributed by atoms with E-state index in [1.54, 1.807) is 48.5 Å². The number of carbonyl (C=O) groups is 2. The van der Waals surface area contributed by atoms with E-state index in [1.165, 1.54) is 12.7 Å². The van der Waals surface area contributed by atoms with Crippen molar-refractivity contribution in [3.05, 3.63) is 90.0 Å². The Labute approximate surface area is 203 Å². The Balaban J connectivity index is 1.37. The van der Waals surface area contributed by atoms with Crippen molar-refractivity contribution in [2.24, 2.45) is 0 Å². The van der Waals surface area contributed by atoms with Crippen molar-refractivity contribution < 1.29 is 23.8 Å². The predicted molar refractivity (Wildman–Crippen MR) is 132 cm³/mol. The average Bonchev–Trinajstić information content (AvgIpc) is 2.87. The van der Waals surface area contributed by atoms with Crippen molar-refractivity contribution in [2.45, 2.75) is 6.42 Å². The summed E-state index contributed by atoms with van der Waals surface area (Å²) in [6.07, 6.45) is 0.790. The molecule has 0 saturated heterocycles. The third-order valence-electron chi connectivity index (χ3n) is 4.59. The monoisotopic (exact) mass is 479 g/mol. The molecule has 0 fully saturated rings. The summed E-state index contributed by atoms with van der Waals surface area (Å²) in [5.41, 5.74) is 6.42. The first kappa shape index (κ1) is 24.5. The lowest BCUT2D eigenvalue weighted by Gasteiger charge is -2.13. The van der Waals surface area contributed by atoms with E-state index in [2.05, 4.69) is 16.2 Å². The van der Waals surface area contributed by atoms with Crippen LogP contribution in [0.5, 0.6) is 17.2 Å². The molecular formula is C25H25N3O5S. The molecule has 3 aromatic rings. The Bertz CT molecular complexity index is 1110. The third-order valence-corrected chi connectivity index (χ3v) is 4.79. The number of rotatable bonds is 9. The fraction of sp³-hybridized carbons (Fsp3) is 0.160. The molecule has 0 aliphatic rings. The van der Waals surface area contributed by atoms with E-state index in [9.17, 15) is 9.59 Å². The molecule has 3 aromatic carbocycles. The summed E-state index contributed by atoms with van der Waals surface area (Å²) in [4.78, 5) is 24.3. The second-order valence-corrected chi connectivity index (χ2v) is 7.41. The van der Waals surface area contributed by atoms with Crippen LogP contribution in [0.15, 0.2) is 78.9 Å². The van der Waals surface area contributed by atoms with E-state index in [4.69, 9.17) is 26.4 Å². The number of hydrazine groups is 1. The molecule has 0 atom stereocenters. The average molecular weight is 480 g/mol. The zero-order valence-corrected chi connectivity index (χ0v) is 19.4. The van der Waals surface area contributed by atoms with Gasteiger partial charge in [-0.25, -0.2) is 0 Å². The van der Waals surface area contributed by atoms with Crippen LogP contribution in [-0.2, 0) is 11.2 Å². The third kappa shape index (κ3) is 7.79. The zero-order chi connectivity index (χ0) is 24.2. The number of nitrogens with one attached hydrogen (secondary N) is 3. The predicted octanol–water partition coefficient (Wildman–Crippen LogP) is 3.03. The number of amides is 2. The summed E-state index contributed by atoms with van der Waals surface area (Å²) < 4.78 is 16.3. The topological polar surface area (TPSA) is 97.9 Å². The van der Waals surface area contributed by atoms with E-state index >= 15 is 0 Å². The molecule has 2 amide bonds. The summed E-state index contributed by atoms with van der Waals surface area (Å²) in [5.74, 6) is 0.699. The van der Waals surface area contributed by atoms with Gasteiger partial charge in [0.15, 0.2) is 23.2 Å². The highest BCUT2D eigenvalue weighted by molar-refractivity contribution is 7.80. The Kier molecular flexibility index (Phi) is 9.24. The number of carbonyl (C=O) groups excluding carboxylic acids is 2. The molecule has 8 nitrogen and oxygen atoms in total. The van der Waals surface area contributed by atoms with E-state index in [0.717, 1.165) is 6.42 Å². The lowest BCUT2D eigenvalue weighted by Crippen LogP contribution is -2.49. The van der Waals surface area contributed by atoms with Crippen molar-refractivity contribution in [2.75, 3.05) is 20.3 Å². The van der Waals surface area contributed by atoms with Crippen LogP contribution in [0.4, 0.5) is 0 Å². The van der Waals surface area contributed by atoms with Gasteiger partial charge in [0.2, 0.25) is 0 Å². The number of benzene rings is 3. The molecule has 0 aliphatic heterocycles. The fourth-order valence-electron chi connectivity index (χ4n) is 2.88. The molecule has 0 bridgehead atoms. The number of para-hydroxylation sites is 2. The fourth-order valence-corrected chi connectivity index (χ4v) is 3.03. The van der Waals surface area contributed by atoms with Crippen molar-refractivity contribution in [1.82, 2.24) is 16.2 Å². The van der Waals surface area contributed by atoms with Gasteiger partial charge in [0, 0.05) is 12.0 Å². The first-order chi connectivity index (χ1) is 16.5. The number of hydrogen-bond acceptors (Lipinski definition) is 6. The molecule has 0 saturated carbocycles. The molecule has 0 heterocycles. The molecule has 9 heteroatoms. The van der Waals surface area contributed by atoms with E-state index < -0.39 is 11.8 Å². The summed E-state index contributed by atoms with van der Waals surface area (Å²) in [5, 5.41) is 2.44. The van der Waals surface area contributed by atoms with Gasteiger partial charge in [0.1, 0.15) is 5.75 Å². The second kappa shape index (κ2) is 12.8. The molecule has 3 N–H and O–H groups in total. The Morgan fingerprint density at radius 2 is 1.50 bits per heavy atom. The number of methoxy groups -OCH3 is 1. The van der Waals surface area contributed by atoms with Crippen molar-refractivity contribution in [1.29, 1.82) is 0 Å². The molecule has 34 heavy (non-hydrogen) atoms. The van der Waals surface area contributed by atoms with Gasteiger partial charge in [-0.1, -0.05) is 42.5 Å². The van der Waals surface area contributed by atoms with E-state index in [-0.39, 0.29) is 11.7 Å². The van der Waals surface area contributed by atoms with Crippen molar-refractivity contribution in [3.8, 4) is 17.2 Å². The van der Waals surface area contributed by atoms with Gasteiger partial charge in [-0.05, 0) is 54.2 Å². The normalized spacial score (nSPS) is 10.0. The molecule has 0 spiro atoms. The van der Waals surface area contributed by atoms with Gasteiger partial charge >= 0.3 is 0 Å². The van der Waals surface area contributed by atoms with E-state index in [1.807, 2.05) is 30.3 Å². The van der Waals surface area contributed by atoms with Gasteiger partial charge in [-0.2, -0.15) is 0 Å². The lowest BCUT2D eigenvalue weighted by atomic mass is 10.2. The Morgan fingerprint density at radius 1 is 0.824 bits per heavy atom. The standard InChI is InChI=1S/C25H25N3O5S/c1-31-21-9-5-6-10-22(21)33-17-23(29)27-28-25(34)26-24(30)19-11-13-20(14-12-19)32-16-15-18-7-3-2-4-8-18/h2-14H,15-17H2,1H3,(H,27,29)(H2,26,28,30,34). The van der Waals surface area contributed by atoms with Gasteiger partial charge in [-0.3, -0.25) is 25.8 Å². The highest BCUT2D eigenvalue weighted by atomic mass is 32.1. The lowest BCUT2D eigenvalue weighted by molar-refractivity contribution is -0.123. The molecule has 3 rings (SSSR count). The minimum absolute atomic E-state index is 0.0566. The van der Waals surface area contributed by atoms with Crippen LogP contribution in [0.1, 0.15) is 15.9 Å².